The topological polar surface area (TPSA) is 49.6 Å². The van der Waals surface area contributed by atoms with E-state index in [1.165, 1.54) is 11.3 Å². The van der Waals surface area contributed by atoms with Crippen LogP contribution in [-0.2, 0) is 0 Å². The van der Waals surface area contributed by atoms with Gasteiger partial charge in [-0.25, -0.2) is 0 Å². The maximum atomic E-state index is 12.7. The summed E-state index contributed by atoms with van der Waals surface area (Å²) < 4.78 is 0. The van der Waals surface area contributed by atoms with Gasteiger partial charge in [0.15, 0.2) is 0 Å². The fourth-order valence-corrected chi connectivity index (χ4v) is 3.17. The minimum atomic E-state index is 0.136. The Morgan fingerprint density at radius 3 is 2.30 bits per heavy atom. The number of hydrogen-bond donors (Lipinski definition) is 1. The molecule has 0 spiro atoms. The second kappa shape index (κ2) is 6.32. The van der Waals surface area contributed by atoms with Crippen LogP contribution in [0.3, 0.4) is 0 Å². The summed E-state index contributed by atoms with van der Waals surface area (Å²) >= 11 is 0. The van der Waals surface area contributed by atoms with Crippen LogP contribution in [0.15, 0.2) is 42.5 Å². The first kappa shape index (κ1) is 15.4. The molecule has 1 aliphatic heterocycles. The van der Waals surface area contributed by atoms with Crippen molar-refractivity contribution in [3.63, 3.8) is 0 Å². The Morgan fingerprint density at radius 2 is 1.65 bits per heavy atom. The number of anilines is 2. The van der Waals surface area contributed by atoms with Gasteiger partial charge in [-0.05, 0) is 49.2 Å². The largest absolute Gasteiger partial charge is 0.399 e. The average Bonchev–Trinajstić information content (AvgIpc) is 2.55. The van der Waals surface area contributed by atoms with Gasteiger partial charge in [0.2, 0.25) is 0 Å². The number of nitrogens with zero attached hydrogens (tertiary/aromatic N) is 2. The zero-order valence-corrected chi connectivity index (χ0v) is 13.7. The Labute approximate surface area is 137 Å². The Morgan fingerprint density at radius 1 is 0.957 bits per heavy atom. The van der Waals surface area contributed by atoms with Crippen molar-refractivity contribution in [2.75, 3.05) is 36.8 Å². The molecular weight excluding hydrogens is 286 g/mol. The maximum Gasteiger partial charge on any atom is 0.254 e. The predicted octanol–water partition coefficient (Wildman–Crippen LogP) is 2.85. The van der Waals surface area contributed by atoms with Gasteiger partial charge in [-0.2, -0.15) is 0 Å². The van der Waals surface area contributed by atoms with Crippen molar-refractivity contribution >= 4 is 17.3 Å². The third-order valence-electron chi connectivity index (χ3n) is 4.50. The molecule has 0 unspecified atom stereocenters. The molecule has 4 heteroatoms. The van der Waals surface area contributed by atoms with Crippen molar-refractivity contribution in [2.45, 2.75) is 13.8 Å². The molecule has 1 saturated heterocycles. The number of piperazine rings is 1. The molecule has 0 aromatic heterocycles. The highest BCUT2D eigenvalue weighted by Gasteiger charge is 2.23. The summed E-state index contributed by atoms with van der Waals surface area (Å²) in [6, 6.07) is 13.8. The number of carbonyl (C=O) groups excluding carboxylic acids is 1. The minimum absolute atomic E-state index is 0.136. The molecule has 0 saturated carbocycles. The molecule has 2 aromatic rings. The van der Waals surface area contributed by atoms with E-state index in [1.807, 2.05) is 48.2 Å². The SMILES string of the molecule is Cc1ccccc1C(=O)N1CCN(c2ccc(N)cc2C)CC1. The lowest BCUT2D eigenvalue weighted by atomic mass is 10.1. The highest BCUT2D eigenvalue weighted by molar-refractivity contribution is 5.95. The van der Waals surface area contributed by atoms with E-state index in [9.17, 15) is 4.79 Å². The summed E-state index contributed by atoms with van der Waals surface area (Å²) in [5, 5.41) is 0. The molecule has 2 N–H and O–H groups in total. The first-order valence-electron chi connectivity index (χ1n) is 8.02. The van der Waals surface area contributed by atoms with Crippen LogP contribution in [0, 0.1) is 13.8 Å². The Bertz CT molecular complexity index is 718. The minimum Gasteiger partial charge on any atom is -0.399 e. The van der Waals surface area contributed by atoms with Crippen molar-refractivity contribution in [3.05, 3.63) is 59.2 Å². The maximum absolute atomic E-state index is 12.7. The lowest BCUT2D eigenvalue weighted by Crippen LogP contribution is -2.49. The summed E-state index contributed by atoms with van der Waals surface area (Å²) in [5.74, 6) is 0.136. The Balaban J connectivity index is 1.69. The highest BCUT2D eigenvalue weighted by Crippen LogP contribution is 2.24. The molecule has 4 nitrogen and oxygen atoms in total. The second-order valence-electron chi connectivity index (χ2n) is 6.14. The van der Waals surface area contributed by atoms with Crippen molar-refractivity contribution in [3.8, 4) is 0 Å². The monoisotopic (exact) mass is 309 g/mol. The number of amides is 1. The summed E-state index contributed by atoms with van der Waals surface area (Å²) in [5.41, 5.74) is 10.9. The van der Waals surface area contributed by atoms with E-state index in [4.69, 9.17) is 5.73 Å². The summed E-state index contributed by atoms with van der Waals surface area (Å²) in [6.45, 7) is 7.26. The van der Waals surface area contributed by atoms with E-state index in [1.54, 1.807) is 0 Å². The van der Waals surface area contributed by atoms with Crippen LogP contribution in [-0.4, -0.2) is 37.0 Å². The molecular formula is C19H23N3O. The van der Waals surface area contributed by atoms with Gasteiger partial charge < -0.3 is 15.5 Å². The number of rotatable bonds is 2. The highest BCUT2D eigenvalue weighted by atomic mass is 16.2. The third-order valence-corrected chi connectivity index (χ3v) is 4.50. The van der Waals surface area contributed by atoms with Crippen LogP contribution in [0.2, 0.25) is 0 Å². The first-order valence-corrected chi connectivity index (χ1v) is 8.02. The Hall–Kier alpha value is -2.49. The van der Waals surface area contributed by atoms with E-state index in [0.717, 1.165) is 43.0 Å². The first-order chi connectivity index (χ1) is 11.1. The van der Waals surface area contributed by atoms with Gasteiger partial charge in [-0.3, -0.25) is 4.79 Å². The van der Waals surface area contributed by atoms with Crippen LogP contribution in [0.4, 0.5) is 11.4 Å². The average molecular weight is 309 g/mol. The number of benzene rings is 2. The molecule has 1 aliphatic rings. The van der Waals surface area contributed by atoms with Crippen LogP contribution in [0.25, 0.3) is 0 Å². The van der Waals surface area contributed by atoms with Crippen molar-refractivity contribution in [1.82, 2.24) is 4.90 Å². The van der Waals surface area contributed by atoms with Crippen LogP contribution in [0.1, 0.15) is 21.5 Å². The molecule has 0 atom stereocenters. The molecule has 1 amide bonds. The van der Waals surface area contributed by atoms with E-state index in [0.29, 0.717) is 0 Å². The van der Waals surface area contributed by atoms with Gasteiger partial charge in [0, 0.05) is 43.1 Å². The number of hydrogen-bond acceptors (Lipinski definition) is 3. The molecule has 0 radical (unpaired) electrons. The third kappa shape index (κ3) is 3.16. The lowest BCUT2D eigenvalue weighted by molar-refractivity contribution is 0.0746. The van der Waals surface area contributed by atoms with E-state index >= 15 is 0 Å². The molecule has 0 aliphatic carbocycles. The lowest BCUT2D eigenvalue weighted by Gasteiger charge is -2.37. The smallest absolute Gasteiger partial charge is 0.254 e. The van der Waals surface area contributed by atoms with Gasteiger partial charge in [0.05, 0.1) is 0 Å². The molecule has 0 bridgehead atoms. The number of nitrogens with two attached hydrogens (primary N) is 1. The van der Waals surface area contributed by atoms with E-state index in [2.05, 4.69) is 17.9 Å². The zero-order valence-electron chi connectivity index (χ0n) is 13.7. The molecule has 3 rings (SSSR count). The standard InChI is InChI=1S/C19H23N3O/c1-14-5-3-4-6-17(14)19(23)22-11-9-21(10-12-22)18-8-7-16(20)13-15(18)2/h3-8,13H,9-12,20H2,1-2H3. The fourth-order valence-electron chi connectivity index (χ4n) is 3.17. The van der Waals surface area contributed by atoms with E-state index in [-0.39, 0.29) is 5.91 Å². The van der Waals surface area contributed by atoms with Gasteiger partial charge in [-0.1, -0.05) is 18.2 Å². The number of nitrogen functional groups attached to an aromatic ring is 1. The number of carbonyl (C=O) groups is 1. The predicted molar refractivity (Wildman–Crippen MR) is 94.9 cm³/mol. The zero-order chi connectivity index (χ0) is 16.4. The van der Waals surface area contributed by atoms with Gasteiger partial charge >= 0.3 is 0 Å². The van der Waals surface area contributed by atoms with Crippen LogP contribution >= 0.6 is 0 Å². The van der Waals surface area contributed by atoms with Gasteiger partial charge in [0.25, 0.3) is 5.91 Å². The van der Waals surface area contributed by atoms with Gasteiger partial charge in [0.1, 0.15) is 0 Å². The molecule has 1 heterocycles. The molecule has 120 valence electrons. The van der Waals surface area contributed by atoms with Crippen molar-refractivity contribution < 1.29 is 4.79 Å². The van der Waals surface area contributed by atoms with E-state index < -0.39 is 0 Å². The molecule has 1 fully saturated rings. The fraction of sp³-hybridized carbons (Fsp3) is 0.316. The number of aryl methyl sites for hydroxylation is 2. The second-order valence-corrected chi connectivity index (χ2v) is 6.14. The van der Waals surface area contributed by atoms with Crippen molar-refractivity contribution in [2.24, 2.45) is 0 Å². The van der Waals surface area contributed by atoms with Crippen molar-refractivity contribution in [1.29, 1.82) is 0 Å². The van der Waals surface area contributed by atoms with Crippen LogP contribution < -0.4 is 10.6 Å². The Kier molecular flexibility index (Phi) is 4.24. The van der Waals surface area contributed by atoms with Crippen LogP contribution in [0.5, 0.6) is 0 Å². The van der Waals surface area contributed by atoms with Gasteiger partial charge in [-0.15, -0.1) is 0 Å². The summed E-state index contributed by atoms with van der Waals surface area (Å²) in [6.07, 6.45) is 0. The summed E-state index contributed by atoms with van der Waals surface area (Å²) in [4.78, 5) is 16.9. The molecule has 23 heavy (non-hydrogen) atoms. The quantitative estimate of drug-likeness (QED) is 0.868. The summed E-state index contributed by atoms with van der Waals surface area (Å²) in [7, 11) is 0. The molecule has 2 aromatic carbocycles. The normalized spacial score (nSPS) is 14.9.